The number of pyridine rings is 1. The van der Waals surface area contributed by atoms with Crippen molar-refractivity contribution < 1.29 is 14.3 Å². The molecule has 0 spiro atoms. The second-order valence-corrected chi connectivity index (χ2v) is 9.75. The third-order valence-corrected chi connectivity index (χ3v) is 6.63. The Morgan fingerprint density at radius 3 is 2.85 bits per heavy atom. The first kappa shape index (κ1) is 27.0. The van der Waals surface area contributed by atoms with E-state index in [2.05, 4.69) is 31.7 Å². The van der Waals surface area contributed by atoms with E-state index >= 15 is 0 Å². The van der Waals surface area contributed by atoms with Crippen LogP contribution < -0.4 is 15.4 Å². The van der Waals surface area contributed by atoms with Crippen molar-refractivity contribution in [1.29, 1.82) is 0 Å². The van der Waals surface area contributed by atoms with Crippen molar-refractivity contribution >= 4 is 28.4 Å². The van der Waals surface area contributed by atoms with Crippen LogP contribution in [0, 0.1) is 19.8 Å². The molecule has 3 heterocycles. The van der Waals surface area contributed by atoms with E-state index in [0.717, 1.165) is 41.1 Å². The molecule has 1 amide bonds. The van der Waals surface area contributed by atoms with E-state index in [0.29, 0.717) is 42.4 Å². The van der Waals surface area contributed by atoms with Crippen LogP contribution in [0.15, 0.2) is 72.9 Å². The quantitative estimate of drug-likeness (QED) is 0.270. The topological polar surface area (TPSA) is 116 Å². The van der Waals surface area contributed by atoms with E-state index in [-0.39, 0.29) is 11.8 Å². The Morgan fingerprint density at radius 1 is 1.15 bits per heavy atom. The monoisotopic (exact) mass is 539 g/mol. The van der Waals surface area contributed by atoms with Gasteiger partial charge in [-0.3, -0.25) is 14.5 Å². The summed E-state index contributed by atoms with van der Waals surface area (Å²) in [7, 11) is 1.62. The molecule has 2 N–H and O–H groups in total. The third-order valence-electron chi connectivity index (χ3n) is 6.63. The minimum atomic E-state index is -0.0771. The molecule has 3 aromatic heterocycles. The van der Waals surface area contributed by atoms with Crippen LogP contribution in [0.25, 0.3) is 11.0 Å². The Bertz CT molecular complexity index is 1540. The Morgan fingerprint density at radius 2 is 2.05 bits per heavy atom. The molecule has 206 valence electrons. The number of rotatable bonds is 10. The summed E-state index contributed by atoms with van der Waals surface area (Å²) >= 11 is 0. The minimum absolute atomic E-state index is 0.0771. The molecule has 0 aliphatic heterocycles. The van der Waals surface area contributed by atoms with E-state index in [4.69, 9.17) is 14.6 Å². The van der Waals surface area contributed by atoms with Crippen LogP contribution in [-0.2, 0) is 16.1 Å². The van der Waals surface area contributed by atoms with Crippen LogP contribution in [0.1, 0.15) is 24.1 Å². The van der Waals surface area contributed by atoms with Gasteiger partial charge in [0, 0.05) is 37.2 Å². The number of carbonyl (C=O) groups excluding carboxylic acids is 1. The molecular weight excluding hydrogens is 506 g/mol. The lowest BCUT2D eigenvalue weighted by Gasteiger charge is -2.12. The standard InChI is InChI=1S/C30H33N7O3/c1-20-15-24(10-12-27(20)40-25-11-7-21(2)32-16-25)35-29-28-26(33-19-34-29)18-37(36-28)17-22-5-4-6-23(9-8-22)30(38)31-13-14-39-3/h6-12,15-16,18-19,22H,4-5,13-14,17H2,1-3H3,(H,31,38)(H,33,34,35). The van der Waals surface area contributed by atoms with E-state index in [1.54, 1.807) is 13.3 Å². The van der Waals surface area contributed by atoms with E-state index < -0.39 is 0 Å². The average Bonchev–Trinajstić information content (AvgIpc) is 3.22. The third kappa shape index (κ3) is 6.70. The Kier molecular flexibility index (Phi) is 8.46. The first-order valence-corrected chi connectivity index (χ1v) is 13.3. The molecule has 0 bridgehead atoms. The van der Waals surface area contributed by atoms with Gasteiger partial charge in [-0.25, -0.2) is 9.97 Å². The molecule has 10 nitrogen and oxygen atoms in total. The molecule has 1 aliphatic rings. The number of aromatic nitrogens is 5. The number of allylic oxidation sites excluding steroid dienone is 2. The molecule has 0 fully saturated rings. The van der Waals surface area contributed by atoms with Gasteiger partial charge in [0.05, 0.1) is 19.0 Å². The van der Waals surface area contributed by atoms with Crippen LogP contribution in [-0.4, -0.2) is 50.9 Å². The number of nitrogens with zero attached hydrogens (tertiary/aromatic N) is 5. The average molecular weight is 540 g/mol. The number of nitrogens with one attached hydrogen (secondary N) is 2. The summed E-state index contributed by atoms with van der Waals surface area (Å²) in [6.07, 6.45) is 12.9. The van der Waals surface area contributed by atoms with Gasteiger partial charge in [-0.15, -0.1) is 0 Å². The van der Waals surface area contributed by atoms with E-state index in [1.807, 2.05) is 67.2 Å². The number of carbonyl (C=O) groups is 1. The molecule has 1 aromatic carbocycles. The highest BCUT2D eigenvalue weighted by atomic mass is 16.5. The SMILES string of the molecule is COCCNC(=O)C1=CCCC(Cn2cc3ncnc(Nc4ccc(Oc5ccc(C)nc5)c(C)c4)c3n2)C=C1. The summed E-state index contributed by atoms with van der Waals surface area (Å²) in [4.78, 5) is 25.6. The zero-order valence-electron chi connectivity index (χ0n) is 22.9. The van der Waals surface area contributed by atoms with Gasteiger partial charge in [-0.05, 0) is 68.5 Å². The highest BCUT2D eigenvalue weighted by Gasteiger charge is 2.15. The van der Waals surface area contributed by atoms with Crippen LogP contribution in [0.2, 0.25) is 0 Å². The van der Waals surface area contributed by atoms with Crippen molar-refractivity contribution in [2.75, 3.05) is 25.6 Å². The Labute approximate surface area is 233 Å². The normalized spacial score (nSPS) is 15.0. The predicted octanol–water partition coefficient (Wildman–Crippen LogP) is 5.03. The highest BCUT2D eigenvalue weighted by molar-refractivity contribution is 5.96. The van der Waals surface area contributed by atoms with Crippen LogP contribution in [0.3, 0.4) is 0 Å². The smallest absolute Gasteiger partial charge is 0.251 e. The van der Waals surface area contributed by atoms with Crippen molar-refractivity contribution in [1.82, 2.24) is 30.0 Å². The highest BCUT2D eigenvalue weighted by Crippen LogP contribution is 2.29. The maximum atomic E-state index is 12.4. The molecule has 1 atom stereocenters. The minimum Gasteiger partial charge on any atom is -0.455 e. The first-order chi connectivity index (χ1) is 19.5. The van der Waals surface area contributed by atoms with Gasteiger partial charge >= 0.3 is 0 Å². The molecule has 4 aromatic rings. The Hall–Kier alpha value is -4.57. The fourth-order valence-electron chi connectivity index (χ4n) is 4.48. The second kappa shape index (κ2) is 12.5. The lowest BCUT2D eigenvalue weighted by Crippen LogP contribution is -2.27. The lowest BCUT2D eigenvalue weighted by molar-refractivity contribution is -0.117. The fraction of sp³-hybridized carbons (Fsp3) is 0.300. The van der Waals surface area contributed by atoms with Crippen molar-refractivity contribution in [2.24, 2.45) is 5.92 Å². The number of ether oxygens (including phenoxy) is 2. The van der Waals surface area contributed by atoms with E-state index in [1.165, 1.54) is 6.33 Å². The van der Waals surface area contributed by atoms with E-state index in [9.17, 15) is 4.79 Å². The summed E-state index contributed by atoms with van der Waals surface area (Å²) in [5, 5.41) is 11.1. The van der Waals surface area contributed by atoms with Crippen LogP contribution in [0.5, 0.6) is 11.5 Å². The molecule has 10 heteroatoms. The summed E-state index contributed by atoms with van der Waals surface area (Å²) in [6.45, 7) is 5.60. The van der Waals surface area contributed by atoms with Gasteiger partial charge in [-0.1, -0.05) is 18.2 Å². The molecular formula is C30H33N7O3. The number of amides is 1. The number of aryl methyl sites for hydroxylation is 2. The Balaban J connectivity index is 1.25. The zero-order chi connectivity index (χ0) is 27.9. The molecule has 1 unspecified atom stereocenters. The molecule has 0 saturated heterocycles. The van der Waals surface area contributed by atoms with Gasteiger partial charge in [0.1, 0.15) is 23.3 Å². The molecule has 5 rings (SSSR count). The maximum Gasteiger partial charge on any atom is 0.251 e. The number of hydrogen-bond donors (Lipinski definition) is 2. The summed E-state index contributed by atoms with van der Waals surface area (Å²) in [6, 6.07) is 9.70. The molecule has 0 saturated carbocycles. The van der Waals surface area contributed by atoms with Crippen molar-refractivity contribution in [3.8, 4) is 11.5 Å². The number of hydrogen-bond acceptors (Lipinski definition) is 8. The first-order valence-electron chi connectivity index (χ1n) is 13.3. The van der Waals surface area contributed by atoms with Gasteiger partial charge in [0.15, 0.2) is 11.3 Å². The second-order valence-electron chi connectivity index (χ2n) is 9.75. The summed E-state index contributed by atoms with van der Waals surface area (Å²) in [5.74, 6) is 2.24. The summed E-state index contributed by atoms with van der Waals surface area (Å²) in [5.41, 5.74) is 4.92. The molecule has 0 radical (unpaired) electrons. The number of methoxy groups -OCH3 is 1. The molecule has 40 heavy (non-hydrogen) atoms. The fourth-order valence-corrected chi connectivity index (χ4v) is 4.48. The summed E-state index contributed by atoms with van der Waals surface area (Å²) < 4.78 is 12.9. The lowest BCUT2D eigenvalue weighted by atomic mass is 10.0. The molecule has 1 aliphatic carbocycles. The number of anilines is 2. The van der Waals surface area contributed by atoms with Crippen LogP contribution >= 0.6 is 0 Å². The largest absolute Gasteiger partial charge is 0.455 e. The van der Waals surface area contributed by atoms with Gasteiger partial charge < -0.3 is 20.1 Å². The zero-order valence-corrected chi connectivity index (χ0v) is 22.9. The number of benzene rings is 1. The number of fused-ring (bicyclic) bond motifs is 1. The van der Waals surface area contributed by atoms with Crippen molar-refractivity contribution in [3.05, 3.63) is 84.1 Å². The maximum absolute atomic E-state index is 12.4. The van der Waals surface area contributed by atoms with Crippen molar-refractivity contribution in [2.45, 2.75) is 33.2 Å². The predicted molar refractivity (Wildman–Crippen MR) is 154 cm³/mol. The van der Waals surface area contributed by atoms with Gasteiger partial charge in [0.2, 0.25) is 0 Å². The van der Waals surface area contributed by atoms with Crippen molar-refractivity contribution in [3.63, 3.8) is 0 Å². The van der Waals surface area contributed by atoms with Gasteiger partial charge in [0.25, 0.3) is 5.91 Å². The van der Waals surface area contributed by atoms with Gasteiger partial charge in [-0.2, -0.15) is 5.10 Å². The van der Waals surface area contributed by atoms with Crippen LogP contribution in [0.4, 0.5) is 11.5 Å².